The van der Waals surface area contributed by atoms with Gasteiger partial charge in [0.1, 0.15) is 19.3 Å². The standard InChI is InChI=1S/C41H72O6/c1-3-4-5-6-7-8-9-10-12-16-19-22-25-28-31-34-40(44)46-36-39(43)37-47-41(45)35-32-29-26-23-20-17-14-11-13-15-18-21-24-27-30-33-38(2)42/h13-15,17,21,23-24,26,38-39,42-43H,3-12,16,18-20,22,25,27-37H2,1-2H3/b15-13-,17-14-,24-21-,26-23-/t38-,39+/m1/s1. The smallest absolute Gasteiger partial charge is 0.305 e. The zero-order valence-electron chi connectivity index (χ0n) is 30.4. The lowest BCUT2D eigenvalue weighted by Crippen LogP contribution is -2.25. The van der Waals surface area contributed by atoms with Crippen molar-refractivity contribution in [1.29, 1.82) is 0 Å². The highest BCUT2D eigenvalue weighted by Gasteiger charge is 2.12. The van der Waals surface area contributed by atoms with Gasteiger partial charge in [-0.2, -0.15) is 0 Å². The van der Waals surface area contributed by atoms with Gasteiger partial charge in [0.15, 0.2) is 0 Å². The van der Waals surface area contributed by atoms with Gasteiger partial charge in [-0.15, -0.1) is 0 Å². The molecule has 0 saturated heterocycles. The van der Waals surface area contributed by atoms with E-state index in [0.717, 1.165) is 64.2 Å². The zero-order valence-corrected chi connectivity index (χ0v) is 30.4. The van der Waals surface area contributed by atoms with Crippen LogP contribution in [0.4, 0.5) is 0 Å². The summed E-state index contributed by atoms with van der Waals surface area (Å²) in [4.78, 5) is 23.9. The van der Waals surface area contributed by atoms with Crippen LogP contribution < -0.4 is 0 Å². The van der Waals surface area contributed by atoms with E-state index in [1.54, 1.807) is 0 Å². The van der Waals surface area contributed by atoms with E-state index in [1.807, 2.05) is 6.92 Å². The van der Waals surface area contributed by atoms with Crippen LogP contribution in [0.2, 0.25) is 0 Å². The average molecular weight is 661 g/mol. The summed E-state index contributed by atoms with van der Waals surface area (Å²) in [5.74, 6) is -0.643. The summed E-state index contributed by atoms with van der Waals surface area (Å²) in [6.07, 6.45) is 43.0. The Bertz CT molecular complexity index is 813. The molecule has 0 amide bonds. The minimum atomic E-state index is -0.992. The lowest BCUT2D eigenvalue weighted by molar-refractivity contribution is -0.152. The first kappa shape index (κ1) is 44.8. The van der Waals surface area contributed by atoms with E-state index in [0.29, 0.717) is 19.3 Å². The van der Waals surface area contributed by atoms with Gasteiger partial charge < -0.3 is 19.7 Å². The van der Waals surface area contributed by atoms with Crippen molar-refractivity contribution in [2.45, 2.75) is 187 Å². The monoisotopic (exact) mass is 661 g/mol. The predicted octanol–water partition coefficient (Wildman–Crippen LogP) is 10.8. The second-order valence-electron chi connectivity index (χ2n) is 13.0. The number of esters is 2. The normalized spacial score (nSPS) is 13.4. The maximum Gasteiger partial charge on any atom is 0.305 e. The van der Waals surface area contributed by atoms with Crippen molar-refractivity contribution >= 4 is 11.9 Å². The zero-order chi connectivity index (χ0) is 34.5. The fourth-order valence-electron chi connectivity index (χ4n) is 5.16. The number of rotatable bonds is 34. The van der Waals surface area contributed by atoms with Crippen molar-refractivity contribution < 1.29 is 29.3 Å². The molecule has 0 radical (unpaired) electrons. The molecular weight excluding hydrogens is 588 g/mol. The van der Waals surface area contributed by atoms with E-state index in [1.165, 1.54) is 77.0 Å². The van der Waals surface area contributed by atoms with E-state index in [9.17, 15) is 19.8 Å². The maximum absolute atomic E-state index is 11.9. The second kappa shape index (κ2) is 36.7. The third kappa shape index (κ3) is 38.2. The molecular formula is C41H72O6. The summed E-state index contributed by atoms with van der Waals surface area (Å²) in [5.41, 5.74) is 0. The fraction of sp³-hybridized carbons (Fsp3) is 0.756. The van der Waals surface area contributed by atoms with Crippen LogP contribution in [0.5, 0.6) is 0 Å². The number of unbranched alkanes of at least 4 members (excludes halogenated alkanes) is 16. The molecule has 0 bridgehead atoms. The number of hydrogen-bond acceptors (Lipinski definition) is 6. The Morgan fingerprint density at radius 2 is 0.872 bits per heavy atom. The molecule has 0 aromatic rings. The Morgan fingerprint density at radius 1 is 0.511 bits per heavy atom. The first-order chi connectivity index (χ1) is 23.0. The van der Waals surface area contributed by atoms with Crippen molar-refractivity contribution in [2.75, 3.05) is 13.2 Å². The summed E-state index contributed by atoms with van der Waals surface area (Å²) in [5, 5.41) is 19.2. The summed E-state index contributed by atoms with van der Waals surface area (Å²) >= 11 is 0. The molecule has 0 aliphatic carbocycles. The Kier molecular flexibility index (Phi) is 35.0. The molecule has 0 unspecified atom stereocenters. The van der Waals surface area contributed by atoms with Gasteiger partial charge in [-0.05, 0) is 64.7 Å². The van der Waals surface area contributed by atoms with Gasteiger partial charge in [-0.3, -0.25) is 9.59 Å². The van der Waals surface area contributed by atoms with Crippen molar-refractivity contribution in [2.24, 2.45) is 0 Å². The van der Waals surface area contributed by atoms with Crippen LogP contribution in [-0.4, -0.2) is 47.6 Å². The lowest BCUT2D eigenvalue weighted by Gasteiger charge is -2.12. The first-order valence-electron chi connectivity index (χ1n) is 19.2. The molecule has 0 heterocycles. The average Bonchev–Trinajstić information content (AvgIpc) is 3.05. The lowest BCUT2D eigenvalue weighted by atomic mass is 10.0. The number of carbonyl (C=O) groups is 2. The number of aliphatic hydroxyl groups is 2. The Balaban J connectivity index is 3.54. The minimum Gasteiger partial charge on any atom is -0.463 e. The number of hydrogen-bond donors (Lipinski definition) is 2. The van der Waals surface area contributed by atoms with Gasteiger partial charge in [-0.1, -0.05) is 145 Å². The molecule has 0 saturated carbocycles. The highest BCUT2D eigenvalue weighted by atomic mass is 16.6. The van der Waals surface area contributed by atoms with Gasteiger partial charge >= 0.3 is 11.9 Å². The van der Waals surface area contributed by atoms with E-state index < -0.39 is 6.10 Å². The van der Waals surface area contributed by atoms with Crippen LogP contribution >= 0.6 is 0 Å². The molecule has 2 atom stereocenters. The highest BCUT2D eigenvalue weighted by molar-refractivity contribution is 5.69. The van der Waals surface area contributed by atoms with Gasteiger partial charge in [0, 0.05) is 12.8 Å². The highest BCUT2D eigenvalue weighted by Crippen LogP contribution is 2.14. The molecule has 47 heavy (non-hydrogen) atoms. The number of ether oxygens (including phenoxy) is 2. The Morgan fingerprint density at radius 3 is 1.30 bits per heavy atom. The molecule has 272 valence electrons. The molecule has 6 heteroatoms. The minimum absolute atomic E-state index is 0.139. The van der Waals surface area contributed by atoms with E-state index >= 15 is 0 Å². The Hall–Kier alpha value is -2.18. The van der Waals surface area contributed by atoms with Crippen molar-refractivity contribution in [3.8, 4) is 0 Å². The number of aliphatic hydroxyl groups excluding tert-OH is 2. The van der Waals surface area contributed by atoms with Crippen LogP contribution in [0.15, 0.2) is 48.6 Å². The van der Waals surface area contributed by atoms with Gasteiger partial charge in [-0.25, -0.2) is 0 Å². The third-order valence-corrected chi connectivity index (χ3v) is 8.09. The topological polar surface area (TPSA) is 93.1 Å². The molecule has 0 fully saturated rings. The van der Waals surface area contributed by atoms with Gasteiger partial charge in [0.25, 0.3) is 0 Å². The molecule has 0 spiro atoms. The largest absolute Gasteiger partial charge is 0.463 e. The Labute approximate surface area is 289 Å². The number of carbonyl (C=O) groups excluding carboxylic acids is 2. The van der Waals surface area contributed by atoms with Crippen LogP contribution in [-0.2, 0) is 19.1 Å². The summed E-state index contributed by atoms with van der Waals surface area (Å²) in [6.45, 7) is 3.80. The first-order valence-corrected chi connectivity index (χ1v) is 19.2. The van der Waals surface area contributed by atoms with E-state index in [4.69, 9.17) is 9.47 Å². The van der Waals surface area contributed by atoms with Crippen LogP contribution in [0, 0.1) is 0 Å². The maximum atomic E-state index is 11.9. The predicted molar refractivity (Wildman–Crippen MR) is 197 cm³/mol. The van der Waals surface area contributed by atoms with E-state index in [2.05, 4.69) is 55.5 Å². The van der Waals surface area contributed by atoms with E-state index in [-0.39, 0.29) is 31.3 Å². The molecule has 6 nitrogen and oxygen atoms in total. The van der Waals surface area contributed by atoms with Crippen molar-refractivity contribution in [3.63, 3.8) is 0 Å². The second-order valence-corrected chi connectivity index (χ2v) is 13.0. The summed E-state index contributed by atoms with van der Waals surface area (Å²) in [7, 11) is 0. The third-order valence-electron chi connectivity index (χ3n) is 8.09. The quantitative estimate of drug-likeness (QED) is 0.0405. The SMILES string of the molecule is CCCCCCCCCCCCCCCCCC(=O)OC[C@H](O)COC(=O)CCC/C=C\C/C=C\C/C=C\C/C=C\CCC[C@@H](C)O. The molecule has 2 N–H and O–H groups in total. The molecule has 0 aliphatic heterocycles. The van der Waals surface area contributed by atoms with Crippen LogP contribution in [0.1, 0.15) is 174 Å². The van der Waals surface area contributed by atoms with Crippen molar-refractivity contribution in [3.05, 3.63) is 48.6 Å². The molecule has 0 aliphatic rings. The van der Waals surface area contributed by atoms with Crippen LogP contribution in [0.25, 0.3) is 0 Å². The number of allylic oxidation sites excluding steroid dienone is 8. The fourth-order valence-corrected chi connectivity index (χ4v) is 5.16. The van der Waals surface area contributed by atoms with Crippen molar-refractivity contribution in [1.82, 2.24) is 0 Å². The van der Waals surface area contributed by atoms with Gasteiger partial charge in [0.05, 0.1) is 6.10 Å². The summed E-state index contributed by atoms with van der Waals surface area (Å²) in [6, 6.07) is 0. The summed E-state index contributed by atoms with van der Waals surface area (Å²) < 4.78 is 10.3. The van der Waals surface area contributed by atoms with Crippen LogP contribution in [0.3, 0.4) is 0 Å². The molecule has 0 aromatic carbocycles. The molecule has 0 aromatic heterocycles. The van der Waals surface area contributed by atoms with Gasteiger partial charge in [0.2, 0.25) is 0 Å². The molecule has 0 rings (SSSR count).